The first-order valence-electron chi connectivity index (χ1n) is 8.72. The first-order chi connectivity index (χ1) is 12.1. The number of nitrogens with one attached hydrogen (secondary N) is 1. The Morgan fingerprint density at radius 2 is 2.16 bits per heavy atom. The van der Waals surface area contributed by atoms with Gasteiger partial charge in [-0.3, -0.25) is 4.79 Å². The third kappa shape index (κ3) is 2.23. The van der Waals surface area contributed by atoms with Gasteiger partial charge in [0.2, 0.25) is 0 Å². The van der Waals surface area contributed by atoms with Crippen LogP contribution in [-0.4, -0.2) is 36.1 Å². The Bertz CT molecular complexity index is 957. The number of benzene rings is 1. The Hall–Kier alpha value is -1.69. The molecule has 0 bridgehead atoms. The molecule has 2 aliphatic heterocycles. The lowest BCUT2D eigenvalue weighted by atomic mass is 9.60. The zero-order chi connectivity index (χ0) is 17.2. The van der Waals surface area contributed by atoms with Crippen LogP contribution in [0.2, 0.25) is 5.02 Å². The van der Waals surface area contributed by atoms with Crippen molar-refractivity contribution in [3.63, 3.8) is 0 Å². The van der Waals surface area contributed by atoms with Crippen LogP contribution in [0.1, 0.15) is 17.9 Å². The minimum absolute atomic E-state index is 0.143. The third-order valence-corrected chi connectivity index (χ3v) is 6.28. The van der Waals surface area contributed by atoms with Gasteiger partial charge in [0.05, 0.1) is 29.8 Å². The van der Waals surface area contributed by atoms with Crippen LogP contribution in [-0.2, 0) is 11.8 Å². The second-order valence-corrected chi connectivity index (χ2v) is 8.04. The number of nitrogens with zero attached hydrogens (tertiary/aromatic N) is 2. The van der Waals surface area contributed by atoms with Crippen LogP contribution in [0.4, 0.5) is 0 Å². The number of fused-ring (bicyclic) bond motifs is 1. The molecule has 0 saturated carbocycles. The second-order valence-electron chi connectivity index (χ2n) is 7.64. The van der Waals surface area contributed by atoms with E-state index >= 15 is 0 Å². The van der Waals surface area contributed by atoms with E-state index in [-0.39, 0.29) is 11.5 Å². The summed E-state index contributed by atoms with van der Waals surface area (Å²) in [6, 6.07) is 3.92. The SMILES string of the molecule is Cn1ncc2c(C(C3=CC4(CNC4)C3)C3COC3)ccc(Cl)c2c1=O. The van der Waals surface area contributed by atoms with Gasteiger partial charge < -0.3 is 10.1 Å². The first kappa shape index (κ1) is 15.6. The zero-order valence-corrected chi connectivity index (χ0v) is 14.8. The summed E-state index contributed by atoms with van der Waals surface area (Å²) in [4.78, 5) is 12.6. The topological polar surface area (TPSA) is 56.1 Å². The average molecular weight is 358 g/mol. The second kappa shape index (κ2) is 5.40. The fourth-order valence-electron chi connectivity index (χ4n) is 4.44. The van der Waals surface area contributed by atoms with E-state index in [1.54, 1.807) is 13.2 Å². The van der Waals surface area contributed by atoms with Crippen LogP contribution in [0.25, 0.3) is 10.8 Å². The lowest BCUT2D eigenvalue weighted by Gasteiger charge is -2.51. The van der Waals surface area contributed by atoms with Crippen LogP contribution < -0.4 is 10.9 Å². The first-order valence-corrected chi connectivity index (χ1v) is 9.10. The van der Waals surface area contributed by atoms with Gasteiger partial charge in [-0.05, 0) is 18.1 Å². The largest absolute Gasteiger partial charge is 0.381 e. The number of allylic oxidation sites excluding steroid dienone is 1. The predicted molar refractivity (Wildman–Crippen MR) is 97.0 cm³/mol. The molecule has 5 rings (SSSR count). The minimum Gasteiger partial charge on any atom is -0.381 e. The van der Waals surface area contributed by atoms with Crippen molar-refractivity contribution in [2.24, 2.45) is 18.4 Å². The summed E-state index contributed by atoms with van der Waals surface area (Å²) in [5.41, 5.74) is 2.86. The molecule has 1 aromatic heterocycles. The van der Waals surface area contributed by atoms with Gasteiger partial charge in [-0.1, -0.05) is 29.3 Å². The van der Waals surface area contributed by atoms with E-state index in [1.807, 2.05) is 6.07 Å². The van der Waals surface area contributed by atoms with Crippen molar-refractivity contribution in [3.8, 4) is 0 Å². The van der Waals surface area contributed by atoms with Crippen molar-refractivity contribution in [2.75, 3.05) is 26.3 Å². The number of halogens is 1. The van der Waals surface area contributed by atoms with Crippen molar-refractivity contribution in [1.29, 1.82) is 0 Å². The van der Waals surface area contributed by atoms with Crippen LogP contribution in [0, 0.1) is 11.3 Å². The zero-order valence-electron chi connectivity index (χ0n) is 14.1. The third-order valence-electron chi connectivity index (χ3n) is 5.97. The molecular weight excluding hydrogens is 338 g/mol. The number of hydrogen-bond donors (Lipinski definition) is 1. The molecule has 3 heterocycles. The normalized spacial score (nSPS) is 22.9. The predicted octanol–water partition coefficient (Wildman–Crippen LogP) is 2.24. The maximum Gasteiger partial charge on any atom is 0.275 e. The van der Waals surface area contributed by atoms with Gasteiger partial charge in [0, 0.05) is 42.8 Å². The molecule has 0 amide bonds. The van der Waals surface area contributed by atoms with E-state index in [2.05, 4.69) is 22.6 Å². The van der Waals surface area contributed by atoms with E-state index in [0.29, 0.717) is 21.7 Å². The molecule has 1 atom stereocenters. The number of ether oxygens (including phenoxy) is 1. The Morgan fingerprint density at radius 3 is 2.76 bits per heavy atom. The Kier molecular flexibility index (Phi) is 3.36. The van der Waals surface area contributed by atoms with Crippen LogP contribution in [0.15, 0.2) is 34.8 Å². The van der Waals surface area contributed by atoms with Crippen molar-refractivity contribution in [3.05, 3.63) is 50.9 Å². The summed E-state index contributed by atoms with van der Waals surface area (Å²) in [5, 5.41) is 9.55. The van der Waals surface area contributed by atoms with Gasteiger partial charge >= 0.3 is 0 Å². The molecule has 1 N–H and O–H groups in total. The molecular formula is C19H20ClN3O2. The molecule has 2 fully saturated rings. The number of rotatable bonds is 3. The van der Waals surface area contributed by atoms with Gasteiger partial charge in [-0.2, -0.15) is 5.10 Å². The van der Waals surface area contributed by atoms with Crippen LogP contribution in [0.3, 0.4) is 0 Å². The van der Waals surface area contributed by atoms with Gasteiger partial charge in [-0.25, -0.2) is 4.68 Å². The molecule has 1 aromatic carbocycles. The monoisotopic (exact) mass is 357 g/mol. The molecule has 2 aromatic rings. The average Bonchev–Trinajstić information content (AvgIpc) is 2.45. The smallest absolute Gasteiger partial charge is 0.275 e. The number of aryl methyl sites for hydroxylation is 1. The van der Waals surface area contributed by atoms with Gasteiger partial charge in [-0.15, -0.1) is 0 Å². The minimum atomic E-state index is -0.143. The summed E-state index contributed by atoms with van der Waals surface area (Å²) in [6.07, 6.45) is 5.36. The Morgan fingerprint density at radius 1 is 1.40 bits per heavy atom. The van der Waals surface area contributed by atoms with Crippen molar-refractivity contribution in [1.82, 2.24) is 15.1 Å². The highest BCUT2D eigenvalue weighted by Crippen LogP contribution is 2.52. The summed E-state index contributed by atoms with van der Waals surface area (Å²) in [5.74, 6) is 0.749. The molecule has 6 heteroatoms. The molecule has 3 aliphatic rings. The number of aromatic nitrogens is 2. The highest BCUT2D eigenvalue weighted by atomic mass is 35.5. The van der Waals surface area contributed by atoms with Crippen molar-refractivity contribution >= 4 is 22.4 Å². The number of hydrogen-bond acceptors (Lipinski definition) is 4. The van der Waals surface area contributed by atoms with E-state index < -0.39 is 0 Å². The molecule has 1 unspecified atom stereocenters. The Balaban J connectivity index is 1.67. The van der Waals surface area contributed by atoms with E-state index in [4.69, 9.17) is 16.3 Å². The molecule has 0 radical (unpaired) electrons. The maximum absolute atomic E-state index is 12.6. The van der Waals surface area contributed by atoms with E-state index in [0.717, 1.165) is 43.7 Å². The summed E-state index contributed by atoms with van der Waals surface area (Å²) < 4.78 is 6.82. The molecule has 2 saturated heterocycles. The lowest BCUT2D eigenvalue weighted by molar-refractivity contribution is -0.0421. The van der Waals surface area contributed by atoms with Crippen LogP contribution in [0.5, 0.6) is 0 Å². The van der Waals surface area contributed by atoms with Crippen molar-refractivity contribution < 1.29 is 4.74 Å². The molecule has 5 nitrogen and oxygen atoms in total. The highest BCUT2D eigenvalue weighted by Gasteiger charge is 2.46. The lowest BCUT2D eigenvalue weighted by Crippen LogP contribution is -2.56. The van der Waals surface area contributed by atoms with E-state index in [1.165, 1.54) is 10.3 Å². The molecule has 25 heavy (non-hydrogen) atoms. The Labute approximate surface area is 150 Å². The quantitative estimate of drug-likeness (QED) is 0.856. The standard InChI is InChI=1S/C19H20ClN3O2/c1-23-18(24)17-14(6-22-23)13(2-3-15(17)20)16(12-7-25-8-12)11-4-19(5-11)9-21-10-19/h2-4,6,12,16,21H,5,7-10H2,1H3. The van der Waals surface area contributed by atoms with Crippen LogP contribution >= 0.6 is 11.6 Å². The van der Waals surface area contributed by atoms with Gasteiger partial charge in [0.25, 0.3) is 5.56 Å². The highest BCUT2D eigenvalue weighted by molar-refractivity contribution is 6.35. The fraction of sp³-hybridized carbons (Fsp3) is 0.474. The molecule has 1 aliphatic carbocycles. The molecule has 130 valence electrons. The van der Waals surface area contributed by atoms with E-state index in [9.17, 15) is 4.79 Å². The fourth-order valence-corrected chi connectivity index (χ4v) is 4.69. The summed E-state index contributed by atoms with van der Waals surface area (Å²) in [6.45, 7) is 3.70. The van der Waals surface area contributed by atoms with Gasteiger partial charge in [0.15, 0.2) is 0 Å². The van der Waals surface area contributed by atoms with Crippen molar-refractivity contribution in [2.45, 2.75) is 12.3 Å². The summed E-state index contributed by atoms with van der Waals surface area (Å²) >= 11 is 6.35. The molecule has 1 spiro atoms. The van der Waals surface area contributed by atoms with Gasteiger partial charge in [0.1, 0.15) is 0 Å². The maximum atomic E-state index is 12.6. The summed E-state index contributed by atoms with van der Waals surface area (Å²) in [7, 11) is 1.66.